The topological polar surface area (TPSA) is 112 Å². The standard InChI is InChI=1S/C24H27N3O6/c1-30-22-14-19(8-9-20(22)24(29)31-2)32-13-12-25-15-18(28)16-33-23-11-10-21(26-27-23)17-6-4-3-5-7-17/h3-11,14,18,25,28H,12-13,15-16H2,1-2H3. The number of hydrogen-bond acceptors (Lipinski definition) is 9. The fraction of sp³-hybridized carbons (Fsp3) is 0.292. The van der Waals surface area contributed by atoms with Crippen LogP contribution in [0, 0.1) is 0 Å². The quantitative estimate of drug-likeness (QED) is 0.315. The molecule has 0 aliphatic rings. The van der Waals surface area contributed by atoms with Gasteiger partial charge in [-0.2, -0.15) is 0 Å². The van der Waals surface area contributed by atoms with Crippen molar-refractivity contribution in [2.24, 2.45) is 0 Å². The molecule has 0 saturated heterocycles. The van der Waals surface area contributed by atoms with E-state index < -0.39 is 12.1 Å². The number of ether oxygens (including phenoxy) is 4. The lowest BCUT2D eigenvalue weighted by Crippen LogP contribution is -2.33. The molecule has 2 aromatic carbocycles. The maximum atomic E-state index is 11.7. The van der Waals surface area contributed by atoms with Crippen molar-refractivity contribution in [1.29, 1.82) is 0 Å². The van der Waals surface area contributed by atoms with Crippen molar-refractivity contribution in [3.8, 4) is 28.6 Å². The number of nitrogens with zero attached hydrogens (tertiary/aromatic N) is 2. The van der Waals surface area contributed by atoms with E-state index in [1.54, 1.807) is 24.3 Å². The Morgan fingerprint density at radius 2 is 1.85 bits per heavy atom. The van der Waals surface area contributed by atoms with Crippen LogP contribution in [0.3, 0.4) is 0 Å². The molecule has 1 atom stereocenters. The second-order valence-electron chi connectivity index (χ2n) is 6.99. The fourth-order valence-electron chi connectivity index (χ4n) is 2.95. The van der Waals surface area contributed by atoms with Crippen molar-refractivity contribution in [2.75, 3.05) is 40.5 Å². The van der Waals surface area contributed by atoms with E-state index in [4.69, 9.17) is 18.9 Å². The molecule has 0 amide bonds. The zero-order chi connectivity index (χ0) is 23.5. The Morgan fingerprint density at radius 1 is 1.03 bits per heavy atom. The van der Waals surface area contributed by atoms with Crippen molar-refractivity contribution in [2.45, 2.75) is 6.10 Å². The first-order chi connectivity index (χ1) is 16.1. The second kappa shape index (κ2) is 12.4. The van der Waals surface area contributed by atoms with Gasteiger partial charge in [0.25, 0.3) is 0 Å². The first kappa shape index (κ1) is 24.0. The van der Waals surface area contributed by atoms with Crippen LogP contribution in [0.1, 0.15) is 10.4 Å². The molecular weight excluding hydrogens is 426 g/mol. The van der Waals surface area contributed by atoms with Crippen LogP contribution >= 0.6 is 0 Å². The summed E-state index contributed by atoms with van der Waals surface area (Å²) in [5.41, 5.74) is 2.05. The van der Waals surface area contributed by atoms with Gasteiger partial charge in [-0.3, -0.25) is 0 Å². The number of carbonyl (C=O) groups excluding carboxylic acids is 1. The number of aliphatic hydroxyl groups excluding tert-OH is 1. The SMILES string of the molecule is COC(=O)c1ccc(OCCNCC(O)COc2ccc(-c3ccccc3)nn2)cc1OC. The third kappa shape index (κ3) is 7.16. The predicted molar refractivity (Wildman–Crippen MR) is 122 cm³/mol. The fourth-order valence-corrected chi connectivity index (χ4v) is 2.95. The molecule has 1 unspecified atom stereocenters. The molecule has 9 nitrogen and oxygen atoms in total. The number of esters is 1. The second-order valence-corrected chi connectivity index (χ2v) is 6.99. The Balaban J connectivity index is 1.35. The summed E-state index contributed by atoms with van der Waals surface area (Å²) in [5.74, 6) is 0.804. The van der Waals surface area contributed by atoms with Gasteiger partial charge in [0.15, 0.2) is 0 Å². The lowest BCUT2D eigenvalue weighted by molar-refractivity contribution is 0.0597. The summed E-state index contributed by atoms with van der Waals surface area (Å²) in [6.07, 6.45) is -0.722. The number of carbonyl (C=O) groups is 1. The highest BCUT2D eigenvalue weighted by molar-refractivity contribution is 5.92. The van der Waals surface area contributed by atoms with Gasteiger partial charge in [-0.1, -0.05) is 30.3 Å². The molecule has 0 aliphatic heterocycles. The smallest absolute Gasteiger partial charge is 0.341 e. The average molecular weight is 453 g/mol. The Bertz CT molecular complexity index is 1010. The molecule has 2 N–H and O–H groups in total. The van der Waals surface area contributed by atoms with Gasteiger partial charge in [-0.05, 0) is 18.2 Å². The van der Waals surface area contributed by atoms with Crippen LogP contribution < -0.4 is 19.5 Å². The molecule has 9 heteroatoms. The van der Waals surface area contributed by atoms with Gasteiger partial charge in [-0.25, -0.2) is 4.79 Å². The van der Waals surface area contributed by atoms with E-state index in [1.807, 2.05) is 36.4 Å². The van der Waals surface area contributed by atoms with Crippen molar-refractivity contribution < 1.29 is 28.8 Å². The Kier molecular flexibility index (Phi) is 8.98. The number of benzene rings is 2. The molecule has 0 bridgehead atoms. The van der Waals surface area contributed by atoms with Gasteiger partial charge in [0, 0.05) is 30.8 Å². The van der Waals surface area contributed by atoms with Crippen molar-refractivity contribution in [3.05, 3.63) is 66.2 Å². The molecule has 0 aliphatic carbocycles. The highest BCUT2D eigenvalue weighted by Crippen LogP contribution is 2.25. The molecule has 1 aromatic heterocycles. The third-order valence-corrected chi connectivity index (χ3v) is 4.64. The number of methoxy groups -OCH3 is 2. The minimum absolute atomic E-state index is 0.0827. The van der Waals surface area contributed by atoms with E-state index >= 15 is 0 Å². The highest BCUT2D eigenvalue weighted by Gasteiger charge is 2.13. The summed E-state index contributed by atoms with van der Waals surface area (Å²) in [5, 5.41) is 21.4. The summed E-state index contributed by atoms with van der Waals surface area (Å²) in [6.45, 7) is 1.27. The first-order valence-corrected chi connectivity index (χ1v) is 10.4. The van der Waals surface area contributed by atoms with Gasteiger partial charge in [0.1, 0.15) is 36.4 Å². The van der Waals surface area contributed by atoms with Gasteiger partial charge in [-0.15, -0.1) is 10.2 Å². The van der Waals surface area contributed by atoms with Gasteiger partial charge >= 0.3 is 5.97 Å². The zero-order valence-corrected chi connectivity index (χ0v) is 18.6. The predicted octanol–water partition coefficient (Wildman–Crippen LogP) is 2.35. The van der Waals surface area contributed by atoms with Gasteiger partial charge < -0.3 is 29.4 Å². The Labute approximate surface area is 192 Å². The molecule has 0 spiro atoms. The van der Waals surface area contributed by atoms with Crippen LogP contribution in [0.4, 0.5) is 0 Å². The summed E-state index contributed by atoms with van der Waals surface area (Å²) < 4.78 is 21.1. The summed E-state index contributed by atoms with van der Waals surface area (Å²) in [4.78, 5) is 11.7. The number of nitrogens with one attached hydrogen (secondary N) is 1. The minimum atomic E-state index is -0.722. The van der Waals surface area contributed by atoms with E-state index in [2.05, 4.69) is 15.5 Å². The third-order valence-electron chi connectivity index (χ3n) is 4.64. The zero-order valence-electron chi connectivity index (χ0n) is 18.6. The van der Waals surface area contributed by atoms with Crippen LogP contribution in [0.5, 0.6) is 17.4 Å². The van der Waals surface area contributed by atoms with Crippen LogP contribution in [-0.2, 0) is 4.74 Å². The first-order valence-electron chi connectivity index (χ1n) is 10.4. The number of rotatable bonds is 12. The molecule has 3 rings (SSSR count). The molecule has 0 saturated carbocycles. The molecule has 1 heterocycles. The van der Waals surface area contributed by atoms with Crippen LogP contribution in [-0.4, -0.2) is 67.9 Å². The van der Waals surface area contributed by atoms with E-state index in [0.717, 1.165) is 11.3 Å². The Hall–Kier alpha value is -3.69. The van der Waals surface area contributed by atoms with E-state index in [-0.39, 0.29) is 6.61 Å². The Morgan fingerprint density at radius 3 is 2.55 bits per heavy atom. The largest absolute Gasteiger partial charge is 0.496 e. The van der Waals surface area contributed by atoms with Crippen LogP contribution in [0.25, 0.3) is 11.3 Å². The van der Waals surface area contributed by atoms with E-state index in [1.165, 1.54) is 14.2 Å². The number of aliphatic hydroxyl groups is 1. The lowest BCUT2D eigenvalue weighted by Gasteiger charge is -2.14. The summed E-state index contributed by atoms with van der Waals surface area (Å²) in [6, 6.07) is 18.2. The molecule has 3 aromatic rings. The van der Waals surface area contributed by atoms with Crippen LogP contribution in [0.15, 0.2) is 60.7 Å². The number of hydrogen-bond donors (Lipinski definition) is 2. The highest BCUT2D eigenvalue weighted by atomic mass is 16.5. The van der Waals surface area contributed by atoms with Crippen molar-refractivity contribution in [3.63, 3.8) is 0 Å². The minimum Gasteiger partial charge on any atom is -0.496 e. The van der Waals surface area contributed by atoms with E-state index in [0.29, 0.717) is 42.6 Å². The molecule has 0 fully saturated rings. The maximum absolute atomic E-state index is 11.7. The molecule has 174 valence electrons. The average Bonchev–Trinajstić information content (AvgIpc) is 2.87. The van der Waals surface area contributed by atoms with Crippen molar-refractivity contribution >= 4 is 5.97 Å². The number of aromatic nitrogens is 2. The maximum Gasteiger partial charge on any atom is 0.341 e. The normalized spacial score (nSPS) is 11.5. The van der Waals surface area contributed by atoms with Crippen LogP contribution in [0.2, 0.25) is 0 Å². The summed E-state index contributed by atoms with van der Waals surface area (Å²) >= 11 is 0. The lowest BCUT2D eigenvalue weighted by atomic mass is 10.1. The molecular formula is C24H27N3O6. The van der Waals surface area contributed by atoms with Gasteiger partial charge in [0.2, 0.25) is 5.88 Å². The monoisotopic (exact) mass is 453 g/mol. The van der Waals surface area contributed by atoms with E-state index in [9.17, 15) is 9.90 Å². The van der Waals surface area contributed by atoms with Gasteiger partial charge in [0.05, 0.1) is 19.9 Å². The summed E-state index contributed by atoms with van der Waals surface area (Å²) in [7, 11) is 2.78. The van der Waals surface area contributed by atoms with Crippen molar-refractivity contribution in [1.82, 2.24) is 15.5 Å². The molecule has 33 heavy (non-hydrogen) atoms. The molecule has 0 radical (unpaired) electrons.